The number of nitrogens with zero attached hydrogens (tertiary/aromatic N) is 1. The summed E-state index contributed by atoms with van der Waals surface area (Å²) in [5.74, 6) is -1.89. The van der Waals surface area contributed by atoms with E-state index in [1.807, 2.05) is 0 Å². The summed E-state index contributed by atoms with van der Waals surface area (Å²) in [6, 6.07) is 3.10. The summed E-state index contributed by atoms with van der Waals surface area (Å²) < 4.78 is 5.68. The number of non-ortho nitro benzene ring substituents is 1. The molecular formula is C16H20N2O6. The average Bonchev–Trinajstić information content (AvgIpc) is 2.59. The number of rotatable bonds is 7. The van der Waals surface area contributed by atoms with Gasteiger partial charge in [-0.3, -0.25) is 14.9 Å². The highest BCUT2D eigenvalue weighted by Gasteiger charge is 2.18. The van der Waals surface area contributed by atoms with Crippen molar-refractivity contribution in [1.82, 2.24) is 5.32 Å². The van der Waals surface area contributed by atoms with Crippen molar-refractivity contribution >= 4 is 17.6 Å². The molecule has 1 aromatic carbocycles. The molecule has 0 spiro atoms. The minimum atomic E-state index is -1.33. The lowest BCUT2D eigenvalue weighted by atomic mass is 9.98. The number of carboxylic acids is 1. The van der Waals surface area contributed by atoms with Gasteiger partial charge in [0, 0.05) is 24.2 Å². The molecule has 0 unspecified atom stereocenters. The summed E-state index contributed by atoms with van der Waals surface area (Å²) in [6.07, 6.45) is 5.83. The number of amides is 1. The van der Waals surface area contributed by atoms with Crippen molar-refractivity contribution in [3.8, 4) is 0 Å². The number of hydrogen-bond donors (Lipinski definition) is 2. The van der Waals surface area contributed by atoms with Gasteiger partial charge < -0.3 is 15.2 Å². The number of carbonyl (C=O) groups is 2. The predicted molar refractivity (Wildman–Crippen MR) is 85.2 cm³/mol. The number of nitrogens with one attached hydrogen (secondary N) is 1. The van der Waals surface area contributed by atoms with Gasteiger partial charge in [-0.05, 0) is 18.9 Å². The Morgan fingerprint density at radius 1 is 1.21 bits per heavy atom. The largest absolute Gasteiger partial charge is 0.478 e. The molecule has 0 aromatic heterocycles. The van der Waals surface area contributed by atoms with Crippen molar-refractivity contribution < 1.29 is 24.4 Å². The minimum Gasteiger partial charge on any atom is -0.478 e. The zero-order chi connectivity index (χ0) is 17.5. The third kappa shape index (κ3) is 5.02. The van der Waals surface area contributed by atoms with Crippen LogP contribution in [0.3, 0.4) is 0 Å². The molecule has 130 valence electrons. The van der Waals surface area contributed by atoms with Crippen LogP contribution in [0.4, 0.5) is 5.69 Å². The molecule has 1 aromatic rings. The van der Waals surface area contributed by atoms with Crippen LogP contribution in [-0.4, -0.2) is 41.2 Å². The Labute approximate surface area is 139 Å². The fourth-order valence-electron chi connectivity index (χ4n) is 2.70. The van der Waals surface area contributed by atoms with Gasteiger partial charge in [0.2, 0.25) is 0 Å². The van der Waals surface area contributed by atoms with Crippen LogP contribution in [0.5, 0.6) is 0 Å². The van der Waals surface area contributed by atoms with E-state index in [2.05, 4.69) is 5.32 Å². The number of ether oxygens (including phenoxy) is 1. The predicted octanol–water partition coefficient (Wildman–Crippen LogP) is 2.37. The monoisotopic (exact) mass is 336 g/mol. The summed E-state index contributed by atoms with van der Waals surface area (Å²) in [6.45, 7) is 0.623. The first kappa shape index (κ1) is 17.9. The molecule has 1 amide bonds. The number of nitro groups is 1. The number of aromatic carboxylic acids is 1. The Morgan fingerprint density at radius 3 is 2.50 bits per heavy atom. The van der Waals surface area contributed by atoms with Crippen LogP contribution in [0.25, 0.3) is 0 Å². The second-order valence-corrected chi connectivity index (χ2v) is 5.72. The topological polar surface area (TPSA) is 119 Å². The van der Waals surface area contributed by atoms with Crippen molar-refractivity contribution in [3.05, 3.63) is 39.4 Å². The van der Waals surface area contributed by atoms with Gasteiger partial charge in [0.05, 0.1) is 23.2 Å². The molecule has 8 heteroatoms. The summed E-state index contributed by atoms with van der Waals surface area (Å²) in [5.41, 5.74) is -0.787. The van der Waals surface area contributed by atoms with Crippen LogP contribution in [0, 0.1) is 10.1 Å². The lowest BCUT2D eigenvalue weighted by Gasteiger charge is -2.22. The third-order valence-electron chi connectivity index (χ3n) is 3.93. The van der Waals surface area contributed by atoms with Crippen molar-refractivity contribution in [1.29, 1.82) is 0 Å². The van der Waals surface area contributed by atoms with E-state index in [9.17, 15) is 19.7 Å². The van der Waals surface area contributed by atoms with E-state index in [0.29, 0.717) is 6.61 Å². The maximum absolute atomic E-state index is 12.1. The Morgan fingerprint density at radius 2 is 1.88 bits per heavy atom. The smallest absolute Gasteiger partial charge is 0.335 e. The highest BCUT2D eigenvalue weighted by Crippen LogP contribution is 2.20. The highest BCUT2D eigenvalue weighted by molar-refractivity contribution is 5.98. The van der Waals surface area contributed by atoms with Gasteiger partial charge in [-0.25, -0.2) is 4.79 Å². The first-order valence-corrected chi connectivity index (χ1v) is 7.90. The van der Waals surface area contributed by atoms with Gasteiger partial charge in [-0.2, -0.15) is 0 Å². The zero-order valence-corrected chi connectivity index (χ0v) is 13.2. The first-order valence-electron chi connectivity index (χ1n) is 7.90. The van der Waals surface area contributed by atoms with Gasteiger partial charge in [-0.15, -0.1) is 0 Å². The quantitative estimate of drug-likeness (QED) is 0.448. The molecule has 1 aliphatic carbocycles. The number of hydrogen-bond acceptors (Lipinski definition) is 5. The van der Waals surface area contributed by atoms with Crippen LogP contribution in [0.2, 0.25) is 0 Å². The maximum Gasteiger partial charge on any atom is 0.335 e. The van der Waals surface area contributed by atoms with E-state index in [1.54, 1.807) is 0 Å². The molecule has 2 N–H and O–H groups in total. The summed E-state index contributed by atoms with van der Waals surface area (Å²) in [5, 5.41) is 22.4. The maximum atomic E-state index is 12.1. The molecule has 1 aliphatic rings. The number of carboxylic acid groups (broad SMARTS) is 1. The van der Waals surface area contributed by atoms with E-state index in [4.69, 9.17) is 9.84 Å². The molecule has 24 heavy (non-hydrogen) atoms. The normalized spacial score (nSPS) is 15.0. The highest BCUT2D eigenvalue weighted by atomic mass is 16.6. The third-order valence-corrected chi connectivity index (χ3v) is 3.93. The van der Waals surface area contributed by atoms with E-state index in [1.165, 1.54) is 6.42 Å². The first-order chi connectivity index (χ1) is 11.5. The lowest BCUT2D eigenvalue weighted by Crippen LogP contribution is -2.29. The second-order valence-electron chi connectivity index (χ2n) is 5.72. The van der Waals surface area contributed by atoms with Gasteiger partial charge >= 0.3 is 5.97 Å². The molecule has 2 rings (SSSR count). The van der Waals surface area contributed by atoms with Crippen LogP contribution < -0.4 is 5.32 Å². The zero-order valence-electron chi connectivity index (χ0n) is 13.2. The molecule has 0 aliphatic heterocycles. The summed E-state index contributed by atoms with van der Waals surface area (Å²) in [4.78, 5) is 33.2. The van der Waals surface area contributed by atoms with Crippen LogP contribution in [0.1, 0.15) is 52.8 Å². The number of carbonyl (C=O) groups excluding carboxylic acids is 1. The Kier molecular flexibility index (Phi) is 6.25. The Bertz CT molecular complexity index is 593. The molecule has 0 atom stereocenters. The molecule has 0 bridgehead atoms. The SMILES string of the molecule is O=C(O)c1cc(C(=O)NCCOC2CCCCC2)cc([N+](=O)[O-])c1. The lowest BCUT2D eigenvalue weighted by molar-refractivity contribution is -0.384. The Hall–Kier alpha value is -2.48. The van der Waals surface area contributed by atoms with Gasteiger partial charge in [0.15, 0.2) is 0 Å². The Balaban J connectivity index is 1.91. The summed E-state index contributed by atoms with van der Waals surface area (Å²) in [7, 11) is 0. The fraction of sp³-hybridized carbons (Fsp3) is 0.500. The molecule has 0 saturated heterocycles. The van der Waals surface area contributed by atoms with Gasteiger partial charge in [-0.1, -0.05) is 19.3 Å². The van der Waals surface area contributed by atoms with E-state index >= 15 is 0 Å². The number of benzene rings is 1. The van der Waals surface area contributed by atoms with E-state index in [-0.39, 0.29) is 23.8 Å². The molecule has 8 nitrogen and oxygen atoms in total. The van der Waals surface area contributed by atoms with Gasteiger partial charge in [0.25, 0.3) is 11.6 Å². The minimum absolute atomic E-state index is 0.0562. The van der Waals surface area contributed by atoms with Crippen molar-refractivity contribution in [3.63, 3.8) is 0 Å². The molecule has 1 saturated carbocycles. The standard InChI is InChI=1S/C16H20N2O6/c19-15(17-6-7-24-14-4-2-1-3-5-14)11-8-12(16(20)21)10-13(9-11)18(22)23/h8-10,14H,1-7H2,(H,17,19)(H,20,21). The fourth-order valence-corrected chi connectivity index (χ4v) is 2.70. The molecule has 0 radical (unpaired) electrons. The van der Waals surface area contributed by atoms with Crippen LogP contribution in [-0.2, 0) is 4.74 Å². The van der Waals surface area contributed by atoms with Crippen LogP contribution in [0.15, 0.2) is 18.2 Å². The van der Waals surface area contributed by atoms with E-state index < -0.39 is 22.5 Å². The molecule has 1 fully saturated rings. The molecule has 0 heterocycles. The summed E-state index contributed by atoms with van der Waals surface area (Å²) >= 11 is 0. The van der Waals surface area contributed by atoms with Crippen LogP contribution >= 0.6 is 0 Å². The van der Waals surface area contributed by atoms with Crippen molar-refractivity contribution in [2.45, 2.75) is 38.2 Å². The number of nitro benzene ring substituents is 1. The van der Waals surface area contributed by atoms with Crippen molar-refractivity contribution in [2.75, 3.05) is 13.2 Å². The van der Waals surface area contributed by atoms with Gasteiger partial charge in [0.1, 0.15) is 0 Å². The van der Waals surface area contributed by atoms with Crippen molar-refractivity contribution in [2.24, 2.45) is 0 Å². The molecular weight excluding hydrogens is 316 g/mol. The van der Waals surface area contributed by atoms with E-state index in [0.717, 1.165) is 43.9 Å². The second kappa shape index (κ2) is 8.39. The average molecular weight is 336 g/mol.